The van der Waals surface area contributed by atoms with Crippen LogP contribution < -0.4 is 10.6 Å². The van der Waals surface area contributed by atoms with E-state index in [9.17, 15) is 0 Å². The zero-order chi connectivity index (χ0) is 12.3. The second-order valence-corrected chi connectivity index (χ2v) is 5.21. The highest BCUT2D eigenvalue weighted by Gasteiger charge is 2.21. The van der Waals surface area contributed by atoms with Crippen molar-refractivity contribution in [2.75, 3.05) is 5.32 Å². The standard InChI is InChI=1S/C14H20N2S/c1-3-10(2)11-4-6-12(7-5-11)15-14(17)16-13-8-9-13/h4-7,10,13H,3,8-9H2,1-2H3,(H2,15,16,17)/t10-/m0/s1. The lowest BCUT2D eigenvalue weighted by Gasteiger charge is -2.12. The third-order valence-electron chi connectivity index (χ3n) is 3.26. The van der Waals surface area contributed by atoms with Crippen LogP contribution in [0.25, 0.3) is 0 Å². The average molecular weight is 248 g/mol. The summed E-state index contributed by atoms with van der Waals surface area (Å²) in [6.45, 7) is 4.47. The van der Waals surface area contributed by atoms with Crippen LogP contribution in [-0.4, -0.2) is 11.2 Å². The fourth-order valence-corrected chi connectivity index (χ4v) is 2.00. The lowest BCUT2D eigenvalue weighted by Crippen LogP contribution is -2.30. The van der Waals surface area contributed by atoms with Crippen molar-refractivity contribution in [3.8, 4) is 0 Å². The highest BCUT2D eigenvalue weighted by Crippen LogP contribution is 2.21. The minimum atomic E-state index is 0.606. The molecule has 92 valence electrons. The van der Waals surface area contributed by atoms with Crippen LogP contribution >= 0.6 is 12.2 Å². The van der Waals surface area contributed by atoms with Crippen LogP contribution in [0, 0.1) is 0 Å². The van der Waals surface area contributed by atoms with Gasteiger partial charge in [0.2, 0.25) is 0 Å². The minimum Gasteiger partial charge on any atom is -0.360 e. The average Bonchev–Trinajstić information content (AvgIpc) is 3.12. The van der Waals surface area contributed by atoms with E-state index in [4.69, 9.17) is 12.2 Å². The van der Waals surface area contributed by atoms with E-state index in [0.29, 0.717) is 12.0 Å². The molecule has 1 aliphatic carbocycles. The molecule has 2 N–H and O–H groups in total. The SMILES string of the molecule is CC[C@H](C)c1ccc(NC(=S)NC2CC2)cc1. The number of benzene rings is 1. The van der Waals surface area contributed by atoms with Crippen LogP contribution in [0.4, 0.5) is 5.69 Å². The van der Waals surface area contributed by atoms with E-state index < -0.39 is 0 Å². The van der Waals surface area contributed by atoms with Crippen LogP contribution in [0.1, 0.15) is 44.6 Å². The molecule has 0 amide bonds. The first-order chi connectivity index (χ1) is 8.19. The Morgan fingerprint density at radius 1 is 1.35 bits per heavy atom. The van der Waals surface area contributed by atoms with Gasteiger partial charge in [-0.2, -0.15) is 0 Å². The predicted octanol–water partition coefficient (Wildman–Crippen LogP) is 3.65. The number of thiocarbonyl (C=S) groups is 1. The van der Waals surface area contributed by atoms with Crippen molar-refractivity contribution < 1.29 is 0 Å². The van der Waals surface area contributed by atoms with Gasteiger partial charge in [0, 0.05) is 11.7 Å². The molecule has 1 saturated carbocycles. The van der Waals surface area contributed by atoms with Gasteiger partial charge in [0.15, 0.2) is 5.11 Å². The van der Waals surface area contributed by atoms with Crippen molar-refractivity contribution in [1.82, 2.24) is 5.32 Å². The van der Waals surface area contributed by atoms with Crippen LogP contribution in [0.3, 0.4) is 0 Å². The molecule has 0 aliphatic heterocycles. The highest BCUT2D eigenvalue weighted by atomic mass is 32.1. The second-order valence-electron chi connectivity index (χ2n) is 4.80. The van der Waals surface area contributed by atoms with Gasteiger partial charge in [0.1, 0.15) is 0 Å². The molecule has 1 aliphatic rings. The van der Waals surface area contributed by atoms with Gasteiger partial charge in [0.05, 0.1) is 0 Å². The van der Waals surface area contributed by atoms with E-state index in [2.05, 4.69) is 48.7 Å². The first-order valence-corrected chi connectivity index (χ1v) is 6.77. The van der Waals surface area contributed by atoms with E-state index in [-0.39, 0.29) is 0 Å². The summed E-state index contributed by atoms with van der Waals surface area (Å²) in [4.78, 5) is 0. The van der Waals surface area contributed by atoms with E-state index in [1.54, 1.807) is 0 Å². The molecule has 0 saturated heterocycles. The summed E-state index contributed by atoms with van der Waals surface area (Å²) in [5.41, 5.74) is 2.45. The third-order valence-corrected chi connectivity index (χ3v) is 3.48. The smallest absolute Gasteiger partial charge is 0.170 e. The summed E-state index contributed by atoms with van der Waals surface area (Å²) < 4.78 is 0. The van der Waals surface area contributed by atoms with Gasteiger partial charge in [-0.25, -0.2) is 0 Å². The van der Waals surface area contributed by atoms with Crippen molar-refractivity contribution in [1.29, 1.82) is 0 Å². The van der Waals surface area contributed by atoms with Gasteiger partial charge < -0.3 is 10.6 Å². The Kier molecular flexibility index (Phi) is 4.00. The Hall–Kier alpha value is -1.09. The Labute approximate surface area is 109 Å². The molecule has 1 fully saturated rings. The zero-order valence-electron chi connectivity index (χ0n) is 10.5. The monoisotopic (exact) mass is 248 g/mol. The predicted molar refractivity (Wildman–Crippen MR) is 77.5 cm³/mol. The van der Waals surface area contributed by atoms with E-state index in [1.807, 2.05) is 0 Å². The van der Waals surface area contributed by atoms with Crippen molar-refractivity contribution in [2.45, 2.75) is 45.1 Å². The summed E-state index contributed by atoms with van der Waals surface area (Å²) >= 11 is 5.24. The highest BCUT2D eigenvalue weighted by molar-refractivity contribution is 7.80. The Bertz CT molecular complexity index is 382. The van der Waals surface area contributed by atoms with Crippen molar-refractivity contribution in [3.05, 3.63) is 29.8 Å². The third kappa shape index (κ3) is 3.70. The molecule has 2 rings (SSSR count). The molecule has 2 nitrogen and oxygen atoms in total. The van der Waals surface area contributed by atoms with Gasteiger partial charge in [-0.1, -0.05) is 26.0 Å². The van der Waals surface area contributed by atoms with E-state index >= 15 is 0 Å². The Morgan fingerprint density at radius 2 is 2.00 bits per heavy atom. The maximum atomic E-state index is 5.24. The lowest BCUT2D eigenvalue weighted by molar-refractivity contribution is 0.734. The zero-order valence-corrected chi connectivity index (χ0v) is 11.3. The number of rotatable bonds is 4. The minimum absolute atomic E-state index is 0.606. The quantitative estimate of drug-likeness (QED) is 0.795. The molecular formula is C14H20N2S. The second kappa shape index (κ2) is 5.50. The summed E-state index contributed by atoms with van der Waals surface area (Å²) in [7, 11) is 0. The first kappa shape index (κ1) is 12.4. The number of nitrogens with one attached hydrogen (secondary N) is 2. The van der Waals surface area contributed by atoms with Crippen LogP contribution in [0.15, 0.2) is 24.3 Å². The molecular weight excluding hydrogens is 228 g/mol. The van der Waals surface area contributed by atoms with Gasteiger partial charge in [-0.15, -0.1) is 0 Å². The molecule has 1 aromatic rings. The molecule has 0 spiro atoms. The van der Waals surface area contributed by atoms with E-state index in [0.717, 1.165) is 10.8 Å². The largest absolute Gasteiger partial charge is 0.360 e. The van der Waals surface area contributed by atoms with Crippen molar-refractivity contribution >= 4 is 23.0 Å². The van der Waals surface area contributed by atoms with Crippen LogP contribution in [0.2, 0.25) is 0 Å². The Balaban J connectivity index is 1.90. The molecule has 0 unspecified atom stereocenters. The number of hydrogen-bond donors (Lipinski definition) is 2. The van der Waals surface area contributed by atoms with Gasteiger partial charge >= 0.3 is 0 Å². The first-order valence-electron chi connectivity index (χ1n) is 6.36. The van der Waals surface area contributed by atoms with Crippen LogP contribution in [-0.2, 0) is 0 Å². The fraction of sp³-hybridized carbons (Fsp3) is 0.500. The number of anilines is 1. The summed E-state index contributed by atoms with van der Waals surface area (Å²) in [5.74, 6) is 0.626. The fourth-order valence-electron chi connectivity index (χ4n) is 1.71. The molecule has 17 heavy (non-hydrogen) atoms. The lowest BCUT2D eigenvalue weighted by atomic mass is 9.99. The van der Waals surface area contributed by atoms with E-state index in [1.165, 1.54) is 24.8 Å². The van der Waals surface area contributed by atoms with Gasteiger partial charge in [0.25, 0.3) is 0 Å². The molecule has 3 heteroatoms. The molecule has 1 aromatic carbocycles. The maximum absolute atomic E-state index is 5.24. The Morgan fingerprint density at radius 3 is 2.53 bits per heavy atom. The molecule has 0 aromatic heterocycles. The maximum Gasteiger partial charge on any atom is 0.170 e. The summed E-state index contributed by atoms with van der Waals surface area (Å²) in [5, 5.41) is 7.23. The molecule has 0 heterocycles. The molecule has 1 atom stereocenters. The summed E-state index contributed by atoms with van der Waals surface area (Å²) in [6.07, 6.45) is 3.66. The topological polar surface area (TPSA) is 24.1 Å². The summed E-state index contributed by atoms with van der Waals surface area (Å²) in [6, 6.07) is 9.16. The van der Waals surface area contributed by atoms with Crippen molar-refractivity contribution in [3.63, 3.8) is 0 Å². The van der Waals surface area contributed by atoms with Gasteiger partial charge in [-0.3, -0.25) is 0 Å². The molecule has 0 radical (unpaired) electrons. The van der Waals surface area contributed by atoms with Crippen LogP contribution in [0.5, 0.6) is 0 Å². The molecule has 0 bridgehead atoms. The number of hydrogen-bond acceptors (Lipinski definition) is 1. The van der Waals surface area contributed by atoms with Gasteiger partial charge in [-0.05, 0) is 55.1 Å². The van der Waals surface area contributed by atoms with Crippen molar-refractivity contribution in [2.24, 2.45) is 0 Å². The normalized spacial score (nSPS) is 16.4.